The number of amides is 1. The fourth-order valence-electron chi connectivity index (χ4n) is 2.63. The lowest BCUT2D eigenvalue weighted by atomic mass is 10.1. The summed E-state index contributed by atoms with van der Waals surface area (Å²) in [7, 11) is 3.67. The van der Waals surface area contributed by atoms with E-state index in [0.29, 0.717) is 24.2 Å². The smallest absolute Gasteiger partial charge is 0.334 e. The van der Waals surface area contributed by atoms with Crippen molar-refractivity contribution in [2.24, 2.45) is 0 Å². The molecule has 1 amide bonds. The molecule has 0 bridgehead atoms. The molecule has 0 unspecified atom stereocenters. The molecular weight excluding hydrogens is 399 g/mol. The van der Waals surface area contributed by atoms with E-state index in [1.165, 1.54) is 47.4 Å². The van der Waals surface area contributed by atoms with Gasteiger partial charge >= 0.3 is 6.18 Å². The Morgan fingerprint density at radius 3 is 2.33 bits per heavy atom. The Kier molecular flexibility index (Phi) is 7.71. The van der Waals surface area contributed by atoms with Crippen LogP contribution >= 0.6 is 0 Å². The number of nitro groups is 1. The number of carbonyl (C=O) groups is 1. The second-order valence-electron chi connectivity index (χ2n) is 6.94. The van der Waals surface area contributed by atoms with Crippen LogP contribution in [0, 0.1) is 10.1 Å². The predicted molar refractivity (Wildman–Crippen MR) is 108 cm³/mol. The Morgan fingerprint density at radius 1 is 1.10 bits per heavy atom. The maximum atomic E-state index is 13.0. The molecule has 2 aromatic carbocycles. The van der Waals surface area contributed by atoms with Gasteiger partial charge in [0.05, 0.1) is 10.5 Å². The van der Waals surface area contributed by atoms with E-state index in [4.69, 9.17) is 0 Å². The molecule has 0 aliphatic heterocycles. The number of benzene rings is 2. The molecule has 0 radical (unpaired) electrons. The second-order valence-corrected chi connectivity index (χ2v) is 6.94. The van der Waals surface area contributed by atoms with Crippen molar-refractivity contribution >= 4 is 17.7 Å². The molecule has 2 aromatic rings. The molecule has 30 heavy (non-hydrogen) atoms. The van der Waals surface area contributed by atoms with Crippen LogP contribution in [0.5, 0.6) is 0 Å². The molecular formula is C21H22F3N3O3. The fraction of sp³-hybridized carbons (Fsp3) is 0.286. The quantitative estimate of drug-likeness (QED) is 0.364. The monoisotopic (exact) mass is 421 g/mol. The number of hydrogen-bond acceptors (Lipinski definition) is 4. The van der Waals surface area contributed by atoms with E-state index >= 15 is 0 Å². The molecule has 0 aliphatic carbocycles. The number of rotatable bonds is 8. The lowest BCUT2D eigenvalue weighted by Gasteiger charge is -2.24. The van der Waals surface area contributed by atoms with Crippen LogP contribution in [0.15, 0.2) is 54.6 Å². The van der Waals surface area contributed by atoms with Crippen molar-refractivity contribution in [1.82, 2.24) is 9.80 Å². The molecule has 2 rings (SSSR count). The summed E-state index contributed by atoms with van der Waals surface area (Å²) in [5.41, 5.74) is 0.151. The minimum Gasteiger partial charge on any atom is -0.334 e. The van der Waals surface area contributed by atoms with Gasteiger partial charge in [-0.05, 0) is 55.6 Å². The first-order chi connectivity index (χ1) is 14.1. The van der Waals surface area contributed by atoms with Gasteiger partial charge in [-0.15, -0.1) is 0 Å². The lowest BCUT2D eigenvalue weighted by molar-refractivity contribution is -0.384. The molecule has 160 valence electrons. The largest absolute Gasteiger partial charge is 0.416 e. The first-order valence-electron chi connectivity index (χ1n) is 9.08. The Hall–Kier alpha value is -3.20. The summed E-state index contributed by atoms with van der Waals surface area (Å²) in [5.74, 6) is -0.368. The first-order valence-corrected chi connectivity index (χ1v) is 9.08. The molecule has 0 saturated carbocycles. The van der Waals surface area contributed by atoms with E-state index < -0.39 is 16.7 Å². The highest BCUT2D eigenvalue weighted by Crippen LogP contribution is 2.29. The minimum atomic E-state index is -4.45. The Bertz CT molecular complexity index is 910. The second kappa shape index (κ2) is 10.0. The van der Waals surface area contributed by atoms with Gasteiger partial charge in [0.2, 0.25) is 5.91 Å². The van der Waals surface area contributed by atoms with Gasteiger partial charge in [-0.1, -0.05) is 12.1 Å². The summed E-state index contributed by atoms with van der Waals surface area (Å²) in [5, 5.41) is 10.7. The third kappa shape index (κ3) is 7.00. The first kappa shape index (κ1) is 23.1. The number of likely N-dealkylation sites (N-methyl/N-ethyl adjacent to an activating group) is 1. The highest BCUT2D eigenvalue weighted by atomic mass is 19.4. The predicted octanol–water partition coefficient (Wildman–Crippen LogP) is 4.22. The highest BCUT2D eigenvalue weighted by molar-refractivity contribution is 5.91. The third-order valence-corrected chi connectivity index (χ3v) is 4.28. The van der Waals surface area contributed by atoms with Crippen molar-refractivity contribution in [2.45, 2.75) is 12.7 Å². The molecule has 0 atom stereocenters. The van der Waals surface area contributed by atoms with Gasteiger partial charge in [-0.25, -0.2) is 0 Å². The van der Waals surface area contributed by atoms with Crippen LogP contribution in [-0.4, -0.2) is 47.8 Å². The molecule has 6 nitrogen and oxygen atoms in total. The van der Waals surface area contributed by atoms with Crippen LogP contribution in [0.3, 0.4) is 0 Å². The van der Waals surface area contributed by atoms with Gasteiger partial charge in [0.15, 0.2) is 0 Å². The summed E-state index contributed by atoms with van der Waals surface area (Å²) in [6.45, 7) is 0.893. The van der Waals surface area contributed by atoms with Gasteiger partial charge in [0, 0.05) is 37.8 Å². The van der Waals surface area contributed by atoms with Gasteiger partial charge in [0.1, 0.15) is 0 Å². The van der Waals surface area contributed by atoms with Gasteiger partial charge in [-0.2, -0.15) is 13.2 Å². The van der Waals surface area contributed by atoms with Gasteiger partial charge < -0.3 is 9.80 Å². The highest BCUT2D eigenvalue weighted by Gasteiger charge is 2.30. The molecule has 0 N–H and O–H groups in total. The third-order valence-electron chi connectivity index (χ3n) is 4.28. The van der Waals surface area contributed by atoms with Crippen LogP contribution in [0.4, 0.5) is 18.9 Å². The van der Waals surface area contributed by atoms with Crippen molar-refractivity contribution < 1.29 is 22.9 Å². The van der Waals surface area contributed by atoms with Crippen molar-refractivity contribution in [2.75, 3.05) is 27.2 Å². The maximum Gasteiger partial charge on any atom is 0.416 e. The van der Waals surface area contributed by atoms with Crippen LogP contribution in [0.1, 0.15) is 16.7 Å². The van der Waals surface area contributed by atoms with E-state index in [2.05, 4.69) is 0 Å². The fourth-order valence-corrected chi connectivity index (χ4v) is 2.63. The Balaban J connectivity index is 2.17. The van der Waals surface area contributed by atoms with Crippen molar-refractivity contribution in [3.05, 3.63) is 81.4 Å². The zero-order chi connectivity index (χ0) is 22.3. The summed E-state index contributed by atoms with van der Waals surface area (Å²) >= 11 is 0. The number of nitro benzene ring substituents is 1. The van der Waals surface area contributed by atoms with E-state index in [1.54, 1.807) is 6.07 Å². The molecule has 0 heterocycles. The summed E-state index contributed by atoms with van der Waals surface area (Å²) in [6.07, 6.45) is -1.63. The number of non-ortho nitro benzene ring substituents is 1. The summed E-state index contributed by atoms with van der Waals surface area (Å²) in [6, 6.07) is 10.6. The van der Waals surface area contributed by atoms with Crippen molar-refractivity contribution in [3.8, 4) is 0 Å². The minimum absolute atomic E-state index is 0.0290. The normalized spacial score (nSPS) is 11.8. The van der Waals surface area contributed by atoms with Crippen LogP contribution in [0.2, 0.25) is 0 Å². The number of carbonyl (C=O) groups excluding carboxylic acids is 1. The van der Waals surface area contributed by atoms with Crippen molar-refractivity contribution in [1.29, 1.82) is 0 Å². The molecule has 9 heteroatoms. The molecule has 0 fully saturated rings. The molecule has 0 spiro atoms. The number of hydrogen-bond donors (Lipinski definition) is 0. The van der Waals surface area contributed by atoms with Gasteiger partial charge in [-0.3, -0.25) is 14.9 Å². The van der Waals surface area contributed by atoms with Crippen molar-refractivity contribution in [3.63, 3.8) is 0 Å². The van der Waals surface area contributed by atoms with E-state index in [9.17, 15) is 28.1 Å². The molecule has 0 aliphatic rings. The van der Waals surface area contributed by atoms with E-state index in [1.807, 2.05) is 19.0 Å². The average molecular weight is 421 g/mol. The molecule has 0 saturated heterocycles. The SMILES string of the molecule is CN(C)CCN(Cc1cccc(C(F)(F)F)c1)C(=O)/C=C/c1ccc([N+](=O)[O-])cc1. The van der Waals surface area contributed by atoms with E-state index in [-0.39, 0.29) is 18.1 Å². The summed E-state index contributed by atoms with van der Waals surface area (Å²) < 4.78 is 38.9. The number of alkyl halides is 3. The lowest BCUT2D eigenvalue weighted by Crippen LogP contribution is -2.35. The zero-order valence-electron chi connectivity index (χ0n) is 16.6. The Labute approximate surface area is 172 Å². The van der Waals surface area contributed by atoms with Crippen LogP contribution < -0.4 is 0 Å². The maximum absolute atomic E-state index is 13.0. The summed E-state index contributed by atoms with van der Waals surface area (Å²) in [4.78, 5) is 26.2. The van der Waals surface area contributed by atoms with Crippen LogP contribution in [0.25, 0.3) is 6.08 Å². The number of halogens is 3. The van der Waals surface area contributed by atoms with Gasteiger partial charge in [0.25, 0.3) is 5.69 Å². The topological polar surface area (TPSA) is 66.7 Å². The Morgan fingerprint density at radius 2 is 1.77 bits per heavy atom. The average Bonchev–Trinajstić information content (AvgIpc) is 2.69. The van der Waals surface area contributed by atoms with Crippen LogP contribution in [-0.2, 0) is 17.5 Å². The number of nitrogens with zero attached hydrogens (tertiary/aromatic N) is 3. The standard InChI is InChI=1S/C21H22F3N3O3/c1-25(2)12-13-26(15-17-4-3-5-18(14-17)21(22,23)24)20(28)11-8-16-6-9-19(10-7-16)27(29)30/h3-11,14H,12-13,15H2,1-2H3/b11-8+. The van der Waals surface area contributed by atoms with E-state index in [0.717, 1.165) is 12.1 Å². The zero-order valence-corrected chi connectivity index (χ0v) is 16.6. The molecule has 0 aromatic heterocycles.